The predicted octanol–water partition coefficient (Wildman–Crippen LogP) is 9.99. The summed E-state index contributed by atoms with van der Waals surface area (Å²) >= 11 is 0. The average molecular weight is 631 g/mol. The van der Waals surface area contributed by atoms with Crippen LogP contribution in [0.5, 0.6) is 0 Å². The molecule has 8 rings (SSSR count). The van der Waals surface area contributed by atoms with Crippen LogP contribution < -0.4 is 5.43 Å². The average Bonchev–Trinajstić information content (AvgIpc) is 3.18. The molecule has 0 atom stereocenters. The largest absolute Gasteiger partial charge is 0.298 e. The molecule has 1 aliphatic rings. The Kier molecular flexibility index (Phi) is 7.94. The van der Waals surface area contributed by atoms with Gasteiger partial charge in [-0.2, -0.15) is 5.10 Å². The van der Waals surface area contributed by atoms with Crippen LogP contribution in [0.25, 0.3) is 55.3 Å². The van der Waals surface area contributed by atoms with Gasteiger partial charge in [-0.25, -0.2) is 0 Å². The Balaban J connectivity index is 1.11. The minimum absolute atomic E-state index is 0.343. The number of pyridine rings is 3. The molecule has 3 heterocycles. The minimum atomic E-state index is 0.343. The van der Waals surface area contributed by atoms with Crippen molar-refractivity contribution in [2.75, 3.05) is 5.43 Å². The second-order valence-corrected chi connectivity index (χ2v) is 11.8. The first kappa shape index (κ1) is 29.6. The Hall–Kier alpha value is -6.79. The summed E-state index contributed by atoms with van der Waals surface area (Å²) in [4.78, 5) is 13.0. The highest BCUT2D eigenvalue weighted by molar-refractivity contribution is 6.62. The third-order valence-corrected chi connectivity index (χ3v) is 8.69. The molecule has 4 aromatic carbocycles. The Bertz CT molecular complexity index is 2370. The summed E-state index contributed by atoms with van der Waals surface area (Å²) in [6.45, 7) is 0. The van der Waals surface area contributed by atoms with Crippen molar-refractivity contribution in [3.63, 3.8) is 0 Å². The molecule has 6 heteroatoms. The van der Waals surface area contributed by atoms with Gasteiger partial charge < -0.3 is 0 Å². The molecule has 0 saturated heterocycles. The highest BCUT2D eigenvalue weighted by atomic mass is 15.3. The first-order valence-electron chi connectivity index (χ1n) is 16.0. The summed E-state index contributed by atoms with van der Waals surface area (Å²) in [5, 5.41) is 16.3. The van der Waals surface area contributed by atoms with E-state index in [1.54, 1.807) is 12.4 Å². The molecular weight excluding hydrogens is 601 g/mol. The van der Waals surface area contributed by atoms with Gasteiger partial charge in [0.1, 0.15) is 5.71 Å². The van der Waals surface area contributed by atoms with Crippen LogP contribution in [0.3, 0.4) is 0 Å². The van der Waals surface area contributed by atoms with E-state index in [0.717, 1.165) is 72.1 Å². The summed E-state index contributed by atoms with van der Waals surface area (Å²) in [5.74, 6) is 0. The maximum absolute atomic E-state index is 9.24. The van der Waals surface area contributed by atoms with Crippen LogP contribution in [-0.4, -0.2) is 26.4 Å². The van der Waals surface area contributed by atoms with E-state index in [9.17, 15) is 5.41 Å². The topological polar surface area (TPSA) is 86.9 Å². The number of nitrogens with zero attached hydrogens (tertiary/aromatic N) is 4. The van der Waals surface area contributed by atoms with Gasteiger partial charge in [-0.05, 0) is 86.3 Å². The lowest BCUT2D eigenvalue weighted by Gasteiger charge is -2.18. The molecule has 0 bridgehead atoms. The molecule has 0 unspecified atom stereocenters. The summed E-state index contributed by atoms with van der Waals surface area (Å²) in [6, 6.07) is 41.1. The van der Waals surface area contributed by atoms with E-state index >= 15 is 0 Å². The SMILES string of the molecule is N=C1C(c2ccc(-c3cccnc3)cc2)=CC(c2ccc(-c3cccnc3)cc2)=C/C1=N/Nc1ccc(-c2cncc3ccccc23)cc1. The molecule has 0 radical (unpaired) electrons. The number of rotatable bonds is 7. The number of anilines is 1. The first-order chi connectivity index (χ1) is 24.2. The fourth-order valence-electron chi connectivity index (χ4n) is 6.07. The van der Waals surface area contributed by atoms with Gasteiger partial charge in [-0.15, -0.1) is 0 Å². The zero-order valence-electron chi connectivity index (χ0n) is 26.5. The number of hydrazone groups is 1. The van der Waals surface area contributed by atoms with Gasteiger partial charge in [0.2, 0.25) is 0 Å². The molecule has 49 heavy (non-hydrogen) atoms. The zero-order chi connectivity index (χ0) is 33.0. The molecule has 0 fully saturated rings. The Labute approximate surface area is 284 Å². The van der Waals surface area contributed by atoms with Crippen LogP contribution in [0.2, 0.25) is 0 Å². The number of hydrogen-bond acceptors (Lipinski definition) is 6. The summed E-state index contributed by atoms with van der Waals surface area (Å²) < 4.78 is 0. The van der Waals surface area contributed by atoms with Crippen molar-refractivity contribution in [2.45, 2.75) is 0 Å². The van der Waals surface area contributed by atoms with Crippen molar-refractivity contribution in [3.8, 4) is 33.4 Å². The maximum Gasteiger partial charge on any atom is 0.109 e. The van der Waals surface area contributed by atoms with Gasteiger partial charge in [0.05, 0.1) is 11.4 Å². The second-order valence-electron chi connectivity index (χ2n) is 11.8. The number of benzene rings is 4. The zero-order valence-corrected chi connectivity index (χ0v) is 26.5. The number of fused-ring (bicyclic) bond motifs is 1. The van der Waals surface area contributed by atoms with E-state index in [1.807, 2.05) is 73.3 Å². The highest BCUT2D eigenvalue weighted by Crippen LogP contribution is 2.32. The molecular formula is C43H30N6. The van der Waals surface area contributed by atoms with E-state index in [2.05, 4.69) is 105 Å². The fraction of sp³-hybridized carbons (Fsp3) is 0. The highest BCUT2D eigenvalue weighted by Gasteiger charge is 2.20. The molecule has 0 spiro atoms. The van der Waals surface area contributed by atoms with Crippen molar-refractivity contribution in [1.29, 1.82) is 5.41 Å². The predicted molar refractivity (Wildman–Crippen MR) is 201 cm³/mol. The molecule has 7 aromatic rings. The lowest BCUT2D eigenvalue weighted by atomic mass is 9.87. The van der Waals surface area contributed by atoms with Crippen LogP contribution in [-0.2, 0) is 0 Å². The number of hydrogen-bond donors (Lipinski definition) is 2. The van der Waals surface area contributed by atoms with E-state index < -0.39 is 0 Å². The van der Waals surface area contributed by atoms with Crippen LogP contribution in [0.15, 0.2) is 176 Å². The quantitative estimate of drug-likeness (QED) is 0.136. The van der Waals surface area contributed by atoms with Crippen LogP contribution in [0, 0.1) is 5.41 Å². The Morgan fingerprint density at radius 1 is 0.490 bits per heavy atom. The van der Waals surface area contributed by atoms with Crippen LogP contribution in [0.1, 0.15) is 11.1 Å². The molecule has 1 aliphatic carbocycles. The molecule has 232 valence electrons. The first-order valence-corrected chi connectivity index (χ1v) is 16.0. The van der Waals surface area contributed by atoms with Crippen molar-refractivity contribution in [3.05, 3.63) is 182 Å². The molecule has 2 N–H and O–H groups in total. The molecule has 0 saturated carbocycles. The van der Waals surface area contributed by atoms with Gasteiger partial charge in [0.15, 0.2) is 0 Å². The van der Waals surface area contributed by atoms with E-state index in [1.165, 1.54) is 0 Å². The lowest BCUT2D eigenvalue weighted by Crippen LogP contribution is -2.18. The third kappa shape index (κ3) is 6.19. The smallest absolute Gasteiger partial charge is 0.109 e. The van der Waals surface area contributed by atoms with Crippen molar-refractivity contribution in [1.82, 2.24) is 15.0 Å². The van der Waals surface area contributed by atoms with E-state index in [4.69, 9.17) is 5.10 Å². The summed E-state index contributed by atoms with van der Waals surface area (Å²) in [6.07, 6.45) is 15.1. The number of aromatic nitrogens is 3. The second kappa shape index (κ2) is 13.1. The van der Waals surface area contributed by atoms with Crippen molar-refractivity contribution < 1.29 is 0 Å². The minimum Gasteiger partial charge on any atom is -0.298 e. The normalized spacial score (nSPS) is 13.6. The molecule has 3 aromatic heterocycles. The van der Waals surface area contributed by atoms with Crippen LogP contribution in [0.4, 0.5) is 5.69 Å². The van der Waals surface area contributed by atoms with Gasteiger partial charge in [-0.3, -0.25) is 25.8 Å². The monoisotopic (exact) mass is 630 g/mol. The summed E-state index contributed by atoms with van der Waals surface area (Å²) in [5.41, 5.74) is 15.1. The standard InChI is InChI=1S/C43H30N6/c44-43-40(32-15-13-30(14-16-32)35-7-4-22-46-26-35)23-37(31-11-9-29(10-12-31)34-6-3-21-45-25-34)24-42(43)49-48-38-19-17-33(18-20-38)41-28-47-27-36-5-1-2-8-39(36)41/h1-28,44,48H/b44-43?,49-42-. The van der Waals surface area contributed by atoms with Gasteiger partial charge in [-0.1, -0.05) is 97.1 Å². The van der Waals surface area contributed by atoms with Gasteiger partial charge in [0.25, 0.3) is 0 Å². The lowest BCUT2D eigenvalue weighted by molar-refractivity contribution is 1.33. The summed E-state index contributed by atoms with van der Waals surface area (Å²) in [7, 11) is 0. The Morgan fingerprint density at radius 3 is 1.76 bits per heavy atom. The van der Waals surface area contributed by atoms with Crippen molar-refractivity contribution in [2.24, 2.45) is 5.10 Å². The van der Waals surface area contributed by atoms with Gasteiger partial charge in [0, 0.05) is 53.7 Å². The van der Waals surface area contributed by atoms with Crippen molar-refractivity contribution >= 4 is 39.0 Å². The third-order valence-electron chi connectivity index (χ3n) is 8.69. The van der Waals surface area contributed by atoms with E-state index in [0.29, 0.717) is 11.4 Å². The van der Waals surface area contributed by atoms with E-state index in [-0.39, 0.29) is 0 Å². The fourth-order valence-corrected chi connectivity index (χ4v) is 6.07. The molecule has 6 nitrogen and oxygen atoms in total. The maximum atomic E-state index is 9.24. The Morgan fingerprint density at radius 2 is 1.10 bits per heavy atom. The van der Waals surface area contributed by atoms with Crippen LogP contribution >= 0.6 is 0 Å². The number of allylic oxidation sites excluding steroid dienone is 4. The number of nitrogens with one attached hydrogen (secondary N) is 2. The molecule has 0 amide bonds. The molecule has 0 aliphatic heterocycles. The van der Waals surface area contributed by atoms with Gasteiger partial charge >= 0.3 is 0 Å².